The van der Waals surface area contributed by atoms with E-state index in [9.17, 15) is 8.42 Å². The average Bonchev–Trinajstić information content (AvgIpc) is 2.62. The monoisotopic (exact) mass is 356 g/mol. The third-order valence-electron chi connectivity index (χ3n) is 4.51. The zero-order valence-corrected chi connectivity index (χ0v) is 14.9. The van der Waals surface area contributed by atoms with Crippen LogP contribution in [0.3, 0.4) is 0 Å². The van der Waals surface area contributed by atoms with Gasteiger partial charge in [0.1, 0.15) is 4.90 Å². The third kappa shape index (κ3) is 4.47. The molecule has 1 saturated heterocycles. The first-order valence-corrected chi connectivity index (χ1v) is 10.8. The Hall–Kier alpha value is -0.630. The summed E-state index contributed by atoms with van der Waals surface area (Å²) in [5.41, 5.74) is 0. The zero-order chi connectivity index (χ0) is 16.1. The van der Waals surface area contributed by atoms with Crippen molar-refractivity contribution < 1.29 is 13.2 Å². The second-order valence-electron chi connectivity index (χ2n) is 6.16. The predicted molar refractivity (Wildman–Crippen MR) is 91.1 cm³/mol. The zero-order valence-electron chi connectivity index (χ0n) is 13.3. The molecule has 1 aliphatic carbocycles. The van der Waals surface area contributed by atoms with Crippen LogP contribution in [0.25, 0.3) is 0 Å². The summed E-state index contributed by atoms with van der Waals surface area (Å²) in [4.78, 5) is 4.63. The second-order valence-corrected chi connectivity index (χ2v) is 9.14. The lowest BCUT2D eigenvalue weighted by atomic mass is 9.91. The summed E-state index contributed by atoms with van der Waals surface area (Å²) in [7, 11) is -3.43. The maximum absolute atomic E-state index is 12.5. The number of ether oxygens (including phenoxy) is 1. The van der Waals surface area contributed by atoms with Crippen LogP contribution in [-0.2, 0) is 14.8 Å². The van der Waals surface area contributed by atoms with Gasteiger partial charge in [0, 0.05) is 25.0 Å². The first kappa shape index (κ1) is 17.2. The van der Waals surface area contributed by atoms with Crippen LogP contribution in [0.5, 0.6) is 0 Å². The Morgan fingerprint density at radius 3 is 2.57 bits per heavy atom. The Bertz CT molecular complexity index is 592. The number of sulfonamides is 1. The topological polar surface area (TPSA) is 59.5 Å². The fourth-order valence-electron chi connectivity index (χ4n) is 3.10. The molecule has 0 radical (unpaired) electrons. The van der Waals surface area contributed by atoms with Gasteiger partial charge in [-0.15, -0.1) is 11.8 Å². The van der Waals surface area contributed by atoms with E-state index in [1.165, 1.54) is 42.6 Å². The smallest absolute Gasteiger partial charge is 0.244 e. The molecule has 1 aromatic heterocycles. The van der Waals surface area contributed by atoms with E-state index in [1.54, 1.807) is 17.8 Å². The molecule has 0 N–H and O–H groups in total. The number of rotatable bonds is 5. The molecule has 1 saturated carbocycles. The van der Waals surface area contributed by atoms with Gasteiger partial charge < -0.3 is 4.74 Å². The van der Waals surface area contributed by atoms with Crippen molar-refractivity contribution in [3.05, 3.63) is 18.3 Å². The minimum absolute atomic E-state index is 0.279. The minimum atomic E-state index is -3.43. The van der Waals surface area contributed by atoms with E-state index in [1.807, 2.05) is 6.07 Å². The molecule has 7 heteroatoms. The molecule has 2 fully saturated rings. The molecule has 0 amide bonds. The summed E-state index contributed by atoms with van der Waals surface area (Å²) in [6.45, 7) is 1.75. The Morgan fingerprint density at radius 1 is 1.17 bits per heavy atom. The van der Waals surface area contributed by atoms with Gasteiger partial charge in [0.25, 0.3) is 0 Å². The molecule has 0 aromatic carbocycles. The molecule has 23 heavy (non-hydrogen) atoms. The molecular weight excluding hydrogens is 332 g/mol. The number of hydrogen-bond acceptors (Lipinski definition) is 5. The first-order valence-electron chi connectivity index (χ1n) is 8.33. The average molecular weight is 357 g/mol. The van der Waals surface area contributed by atoms with Gasteiger partial charge >= 0.3 is 0 Å². The number of hydrogen-bond donors (Lipinski definition) is 0. The standard InChI is InChI=1S/C16H24N2O3S2/c19-23(20,18-8-10-21-11-9-18)15-6-7-16(17-12-15)22-13-14-4-2-1-3-5-14/h6-7,12,14H,1-5,8-11,13H2. The normalized spacial score (nSPS) is 21.4. The number of thioether (sulfide) groups is 1. The van der Waals surface area contributed by atoms with Crippen molar-refractivity contribution in [3.63, 3.8) is 0 Å². The van der Waals surface area contributed by atoms with Crippen molar-refractivity contribution in [2.45, 2.75) is 42.0 Å². The van der Waals surface area contributed by atoms with Gasteiger partial charge in [-0.25, -0.2) is 13.4 Å². The molecule has 128 valence electrons. The third-order valence-corrected chi connectivity index (χ3v) is 7.57. The van der Waals surface area contributed by atoms with E-state index in [0.717, 1.165) is 16.7 Å². The van der Waals surface area contributed by atoms with Crippen molar-refractivity contribution in [2.24, 2.45) is 5.92 Å². The number of pyridine rings is 1. The van der Waals surface area contributed by atoms with Crippen molar-refractivity contribution >= 4 is 21.8 Å². The van der Waals surface area contributed by atoms with Gasteiger partial charge in [0.05, 0.1) is 18.2 Å². The van der Waals surface area contributed by atoms with E-state index in [0.29, 0.717) is 26.3 Å². The van der Waals surface area contributed by atoms with Crippen LogP contribution in [0.1, 0.15) is 32.1 Å². The van der Waals surface area contributed by atoms with Crippen LogP contribution < -0.4 is 0 Å². The maximum Gasteiger partial charge on any atom is 0.244 e. The Balaban J connectivity index is 1.59. The summed E-state index contributed by atoms with van der Waals surface area (Å²) in [6, 6.07) is 3.52. The van der Waals surface area contributed by atoms with E-state index in [-0.39, 0.29) is 4.90 Å². The van der Waals surface area contributed by atoms with Gasteiger partial charge in [-0.3, -0.25) is 0 Å². The Labute approximate surface area is 142 Å². The summed E-state index contributed by atoms with van der Waals surface area (Å²) in [5.74, 6) is 1.87. The fraction of sp³-hybridized carbons (Fsp3) is 0.688. The highest BCUT2D eigenvalue weighted by Gasteiger charge is 2.26. The van der Waals surface area contributed by atoms with Crippen LogP contribution in [0, 0.1) is 5.92 Å². The van der Waals surface area contributed by atoms with Crippen molar-refractivity contribution in [3.8, 4) is 0 Å². The summed E-state index contributed by atoms with van der Waals surface area (Å²) in [5, 5.41) is 0.913. The number of nitrogens with zero attached hydrogens (tertiary/aromatic N) is 2. The largest absolute Gasteiger partial charge is 0.379 e. The van der Waals surface area contributed by atoms with Gasteiger partial charge in [-0.2, -0.15) is 4.31 Å². The Kier molecular flexibility index (Phi) is 5.96. The van der Waals surface area contributed by atoms with Crippen LogP contribution in [0.2, 0.25) is 0 Å². The molecule has 5 nitrogen and oxygen atoms in total. The number of morpholine rings is 1. The molecule has 0 bridgehead atoms. The quantitative estimate of drug-likeness (QED) is 0.759. The van der Waals surface area contributed by atoms with Crippen LogP contribution in [0.15, 0.2) is 28.3 Å². The predicted octanol–water partition coefficient (Wildman–Crippen LogP) is 2.77. The lowest BCUT2D eigenvalue weighted by Gasteiger charge is -2.25. The molecule has 2 heterocycles. The van der Waals surface area contributed by atoms with E-state index in [2.05, 4.69) is 4.98 Å². The van der Waals surface area contributed by atoms with E-state index < -0.39 is 10.0 Å². The van der Waals surface area contributed by atoms with Crippen LogP contribution in [-0.4, -0.2) is 49.8 Å². The highest BCUT2D eigenvalue weighted by atomic mass is 32.2. The minimum Gasteiger partial charge on any atom is -0.379 e. The van der Waals surface area contributed by atoms with Gasteiger partial charge in [0.2, 0.25) is 10.0 Å². The van der Waals surface area contributed by atoms with Gasteiger partial charge in [-0.05, 0) is 30.9 Å². The lowest BCUT2D eigenvalue weighted by molar-refractivity contribution is 0.0730. The molecule has 2 aliphatic rings. The van der Waals surface area contributed by atoms with Crippen LogP contribution in [0.4, 0.5) is 0 Å². The molecule has 0 atom stereocenters. The molecule has 0 spiro atoms. The van der Waals surface area contributed by atoms with Crippen LogP contribution >= 0.6 is 11.8 Å². The highest BCUT2D eigenvalue weighted by Crippen LogP contribution is 2.29. The highest BCUT2D eigenvalue weighted by molar-refractivity contribution is 7.99. The van der Waals surface area contributed by atoms with E-state index >= 15 is 0 Å². The summed E-state index contributed by atoms with van der Waals surface area (Å²) >= 11 is 1.74. The lowest BCUT2D eigenvalue weighted by Crippen LogP contribution is -2.40. The van der Waals surface area contributed by atoms with Gasteiger partial charge in [-0.1, -0.05) is 19.3 Å². The number of aromatic nitrogens is 1. The Morgan fingerprint density at radius 2 is 1.91 bits per heavy atom. The molecule has 1 aliphatic heterocycles. The van der Waals surface area contributed by atoms with E-state index in [4.69, 9.17) is 4.74 Å². The fourth-order valence-corrected chi connectivity index (χ4v) is 5.48. The SMILES string of the molecule is O=S(=O)(c1ccc(SCC2CCCCC2)nc1)N1CCOCC1. The summed E-state index contributed by atoms with van der Waals surface area (Å²) < 4.78 is 31.7. The molecule has 1 aromatic rings. The van der Waals surface area contributed by atoms with Gasteiger partial charge in [0.15, 0.2) is 0 Å². The van der Waals surface area contributed by atoms with Crippen molar-refractivity contribution in [1.29, 1.82) is 0 Å². The molecule has 0 unspecified atom stereocenters. The first-order chi connectivity index (χ1) is 11.2. The second kappa shape index (κ2) is 7.96. The maximum atomic E-state index is 12.5. The molecule has 3 rings (SSSR count). The van der Waals surface area contributed by atoms with Crippen molar-refractivity contribution in [2.75, 3.05) is 32.1 Å². The van der Waals surface area contributed by atoms with Crippen molar-refractivity contribution in [1.82, 2.24) is 9.29 Å². The molecular formula is C16H24N2O3S2. The summed E-state index contributed by atoms with van der Waals surface area (Å²) in [6.07, 6.45) is 8.18.